The highest BCUT2D eigenvalue weighted by atomic mass is 16.5. The minimum Gasteiger partial charge on any atom is -0.356 e. The molecule has 2 heteroatoms. The second kappa shape index (κ2) is 2.30. The van der Waals surface area contributed by atoms with Gasteiger partial charge in [-0.25, -0.2) is 0 Å². The van der Waals surface area contributed by atoms with Gasteiger partial charge in [0, 0.05) is 6.20 Å². The molecular weight excluding hydrogens is 162 g/mol. The van der Waals surface area contributed by atoms with Crippen LogP contribution >= 0.6 is 0 Å². The molecule has 1 atom stereocenters. The fourth-order valence-corrected chi connectivity index (χ4v) is 1.94. The van der Waals surface area contributed by atoms with Crippen molar-refractivity contribution in [1.82, 2.24) is 0 Å². The number of ether oxygens (including phenoxy) is 1. The summed E-state index contributed by atoms with van der Waals surface area (Å²) in [4.78, 5) is 4.32. The Morgan fingerprint density at radius 1 is 1.31 bits per heavy atom. The number of aliphatic imine (C=N–C) groups is 1. The fraction of sp³-hybridized carbons (Fsp3) is 0.182. The molecule has 2 nitrogen and oxygen atoms in total. The van der Waals surface area contributed by atoms with Crippen LogP contribution in [0.25, 0.3) is 0 Å². The van der Waals surface area contributed by atoms with Gasteiger partial charge in [-0.3, -0.25) is 4.99 Å². The van der Waals surface area contributed by atoms with E-state index in [9.17, 15) is 0 Å². The summed E-state index contributed by atoms with van der Waals surface area (Å²) in [6.45, 7) is 0.677. The van der Waals surface area contributed by atoms with Crippen LogP contribution in [-0.4, -0.2) is 17.9 Å². The van der Waals surface area contributed by atoms with Crippen molar-refractivity contribution in [3.8, 4) is 0 Å². The number of nitrogens with zero attached hydrogens (tertiary/aromatic N) is 1. The van der Waals surface area contributed by atoms with E-state index in [-0.39, 0.29) is 5.60 Å². The molecule has 1 aliphatic carbocycles. The SMILES string of the molecule is C1=CC2=NC=CC3=CCOC32C=C1. The van der Waals surface area contributed by atoms with Crippen LogP contribution in [0.15, 0.2) is 53.2 Å². The zero-order valence-electron chi connectivity index (χ0n) is 7.10. The number of rotatable bonds is 0. The summed E-state index contributed by atoms with van der Waals surface area (Å²) < 4.78 is 5.74. The molecule has 3 rings (SSSR count). The van der Waals surface area contributed by atoms with Crippen LogP contribution in [-0.2, 0) is 4.74 Å². The molecule has 0 radical (unpaired) electrons. The lowest BCUT2D eigenvalue weighted by Crippen LogP contribution is -2.39. The average Bonchev–Trinajstić information content (AvgIpc) is 2.58. The fourth-order valence-electron chi connectivity index (χ4n) is 1.94. The first kappa shape index (κ1) is 7.04. The third-order valence-electron chi connectivity index (χ3n) is 2.59. The number of hydrogen-bond donors (Lipinski definition) is 0. The molecule has 0 amide bonds. The molecule has 1 unspecified atom stereocenters. The average molecular weight is 171 g/mol. The highest BCUT2D eigenvalue weighted by Crippen LogP contribution is 2.36. The summed E-state index contributed by atoms with van der Waals surface area (Å²) in [5, 5.41) is 0. The Morgan fingerprint density at radius 2 is 2.31 bits per heavy atom. The molecule has 64 valence electrons. The van der Waals surface area contributed by atoms with Gasteiger partial charge in [-0.1, -0.05) is 18.2 Å². The monoisotopic (exact) mass is 171 g/mol. The molecule has 0 fully saturated rings. The second-order valence-corrected chi connectivity index (χ2v) is 3.25. The third-order valence-corrected chi connectivity index (χ3v) is 2.59. The number of allylic oxidation sites excluding steroid dienone is 2. The van der Waals surface area contributed by atoms with Gasteiger partial charge in [0.15, 0.2) is 5.60 Å². The summed E-state index contributed by atoms with van der Waals surface area (Å²) in [7, 11) is 0. The Morgan fingerprint density at radius 3 is 3.31 bits per heavy atom. The molecule has 2 aliphatic heterocycles. The van der Waals surface area contributed by atoms with Gasteiger partial charge in [0.2, 0.25) is 0 Å². The van der Waals surface area contributed by atoms with Gasteiger partial charge in [-0.15, -0.1) is 0 Å². The van der Waals surface area contributed by atoms with Crippen LogP contribution in [0, 0.1) is 0 Å². The summed E-state index contributed by atoms with van der Waals surface area (Å²) in [6.07, 6.45) is 14.0. The molecule has 3 aliphatic rings. The standard InChI is InChI=1S/C11H9NO/c1-2-6-11-9(5-8-13-11)4-7-12-10(11)3-1/h1-7H,8H2. The van der Waals surface area contributed by atoms with E-state index in [2.05, 4.69) is 17.1 Å². The molecule has 0 aromatic rings. The zero-order chi connectivity index (χ0) is 8.73. The molecular formula is C11H9NO. The van der Waals surface area contributed by atoms with Gasteiger partial charge < -0.3 is 4.74 Å². The lowest BCUT2D eigenvalue weighted by molar-refractivity contribution is 0.114. The van der Waals surface area contributed by atoms with E-state index in [0.29, 0.717) is 6.61 Å². The summed E-state index contributed by atoms with van der Waals surface area (Å²) >= 11 is 0. The van der Waals surface area contributed by atoms with Crippen molar-refractivity contribution in [3.63, 3.8) is 0 Å². The van der Waals surface area contributed by atoms with Gasteiger partial charge in [-0.2, -0.15) is 0 Å². The van der Waals surface area contributed by atoms with Crippen LogP contribution in [0.5, 0.6) is 0 Å². The molecule has 0 N–H and O–H groups in total. The first-order valence-electron chi connectivity index (χ1n) is 4.37. The maximum Gasteiger partial charge on any atom is 0.154 e. The smallest absolute Gasteiger partial charge is 0.154 e. The van der Waals surface area contributed by atoms with E-state index in [1.165, 1.54) is 5.57 Å². The molecule has 0 aromatic heterocycles. The maximum absolute atomic E-state index is 5.74. The van der Waals surface area contributed by atoms with Gasteiger partial charge >= 0.3 is 0 Å². The Labute approximate surface area is 76.6 Å². The van der Waals surface area contributed by atoms with Crippen molar-refractivity contribution in [3.05, 3.63) is 48.2 Å². The Bertz CT molecular complexity index is 398. The largest absolute Gasteiger partial charge is 0.356 e. The van der Waals surface area contributed by atoms with Crippen molar-refractivity contribution in [2.24, 2.45) is 4.99 Å². The first-order chi connectivity index (χ1) is 6.42. The quantitative estimate of drug-likeness (QED) is 0.544. The molecule has 0 aromatic carbocycles. The van der Waals surface area contributed by atoms with E-state index in [0.717, 1.165) is 5.71 Å². The van der Waals surface area contributed by atoms with Crippen LogP contribution < -0.4 is 0 Å². The highest BCUT2D eigenvalue weighted by molar-refractivity contribution is 6.08. The molecule has 0 saturated carbocycles. The lowest BCUT2D eigenvalue weighted by Gasteiger charge is -2.30. The maximum atomic E-state index is 5.74. The first-order valence-corrected chi connectivity index (χ1v) is 4.37. The molecule has 1 spiro atoms. The molecule has 2 heterocycles. The van der Waals surface area contributed by atoms with Crippen molar-refractivity contribution in [2.75, 3.05) is 6.61 Å². The van der Waals surface area contributed by atoms with E-state index < -0.39 is 0 Å². The molecule has 13 heavy (non-hydrogen) atoms. The van der Waals surface area contributed by atoms with Crippen molar-refractivity contribution in [1.29, 1.82) is 0 Å². The van der Waals surface area contributed by atoms with Crippen molar-refractivity contribution >= 4 is 5.71 Å². The number of hydrogen-bond acceptors (Lipinski definition) is 2. The van der Waals surface area contributed by atoms with Gasteiger partial charge in [0.1, 0.15) is 0 Å². The predicted octanol–water partition coefficient (Wildman–Crippen LogP) is 1.78. The predicted molar refractivity (Wildman–Crippen MR) is 51.6 cm³/mol. The topological polar surface area (TPSA) is 21.6 Å². The molecule has 0 bridgehead atoms. The third kappa shape index (κ3) is 0.783. The van der Waals surface area contributed by atoms with Gasteiger partial charge in [0.05, 0.1) is 12.3 Å². The van der Waals surface area contributed by atoms with E-state index in [1.807, 2.05) is 30.5 Å². The zero-order valence-corrected chi connectivity index (χ0v) is 7.10. The van der Waals surface area contributed by atoms with Gasteiger partial charge in [0.25, 0.3) is 0 Å². The minimum absolute atomic E-state index is 0.358. The normalized spacial score (nSPS) is 33.8. The van der Waals surface area contributed by atoms with Crippen LogP contribution in [0.2, 0.25) is 0 Å². The lowest BCUT2D eigenvalue weighted by atomic mass is 9.85. The van der Waals surface area contributed by atoms with Crippen molar-refractivity contribution < 1.29 is 4.74 Å². The molecule has 0 saturated heterocycles. The summed E-state index contributed by atoms with van der Waals surface area (Å²) in [6, 6.07) is 0. The highest BCUT2D eigenvalue weighted by Gasteiger charge is 2.41. The van der Waals surface area contributed by atoms with Crippen LogP contribution in [0.1, 0.15) is 0 Å². The van der Waals surface area contributed by atoms with Gasteiger partial charge in [-0.05, 0) is 23.8 Å². The van der Waals surface area contributed by atoms with E-state index in [4.69, 9.17) is 4.74 Å². The summed E-state index contributed by atoms with van der Waals surface area (Å²) in [5.41, 5.74) is 1.84. The Kier molecular flexibility index (Phi) is 1.24. The Hall–Kier alpha value is -1.41. The van der Waals surface area contributed by atoms with Crippen LogP contribution in [0.4, 0.5) is 0 Å². The Balaban J connectivity index is 2.22. The summed E-state index contributed by atoms with van der Waals surface area (Å²) in [5.74, 6) is 0. The van der Waals surface area contributed by atoms with Crippen molar-refractivity contribution in [2.45, 2.75) is 5.60 Å². The second-order valence-electron chi connectivity index (χ2n) is 3.25. The van der Waals surface area contributed by atoms with E-state index >= 15 is 0 Å². The van der Waals surface area contributed by atoms with E-state index in [1.54, 1.807) is 0 Å². The van der Waals surface area contributed by atoms with Crippen LogP contribution in [0.3, 0.4) is 0 Å². The minimum atomic E-state index is -0.358.